The number of rotatable bonds is 15. The van der Waals surface area contributed by atoms with E-state index < -0.39 is 78.6 Å². The maximum atomic E-state index is 13.0. The fourth-order valence-electron chi connectivity index (χ4n) is 18.4. The highest BCUT2D eigenvalue weighted by Crippen LogP contribution is 2.49. The molecule has 5 aliphatic carbocycles. The minimum Gasteiger partial charge on any atom is -0.456 e. The Labute approximate surface area is 814 Å². The van der Waals surface area contributed by atoms with Gasteiger partial charge in [-0.25, -0.2) is 43.4 Å². The van der Waals surface area contributed by atoms with Gasteiger partial charge in [0.2, 0.25) is 0 Å². The molecule has 5 fully saturated rings. The summed E-state index contributed by atoms with van der Waals surface area (Å²) in [5, 5.41) is 11.9. The summed E-state index contributed by atoms with van der Waals surface area (Å²) in [5.74, 6) is 2.29. The standard InChI is InChI=1S/C21H17ClF3NO4.C20H15BrN2O4.3C20H15ClN2O4/c1-10-7-17(16(22)9-15(10)21(23,24)25)29-12-5-6-13-11(8-12)3-2-4-14(13)18-19(27)26-20(28)30-18;4*1-22-12-5-8-17(16(21)10-12)26-13-6-7-14-11(9-13)3-2-4-15(14)18-19(24)23-20(25)27-18/h5-9,14,18H,2-4H2,1H3,(H,26,27,28);4*5-10,15,18H,2-4H2,(H,23,24,25)/t14-,18?;2*15-,18?;15-,18+;15-,18-/m11111/s1. The van der Waals surface area contributed by atoms with Crippen LogP contribution in [0, 0.1) is 33.2 Å². The van der Waals surface area contributed by atoms with E-state index >= 15 is 0 Å². The summed E-state index contributed by atoms with van der Waals surface area (Å²) < 4.78 is 94.9. The normalized spacial score (nSPS) is 21.1. The number of carbonyl (C=O) groups is 10. The SMILES string of the molecule is Cc1cc(Oc2ccc3c(c2)CCC[C@H]3C2OC(=O)NC2=O)c(Cl)cc1C(F)(F)F.[C-]#[N+]c1ccc(Oc2ccc3c(c2)CCC[C@H]3C2OC(=O)NC2=O)c(Br)c1.[C-]#[N+]c1ccc(Oc2ccc3c(c2)CCC[C@H]3C2OC(=O)NC2=O)c(Cl)c1.[C-]#[N+]c1ccc(Oc2ccc3c(c2)CCC[C@H]3[C@@H]2OC(=O)NC2=O)c(Cl)c1.[C-]#[N+]c1ccc(Oc2ccc3c(c2)CCC[C@H]3[C@H]2OC(=O)NC2=O)c(Cl)c1. The number of amides is 10. The zero-order valence-electron chi connectivity index (χ0n) is 72.6. The molecule has 0 spiro atoms. The van der Waals surface area contributed by atoms with Crippen molar-refractivity contribution in [1.82, 2.24) is 26.6 Å². The van der Waals surface area contributed by atoms with Crippen molar-refractivity contribution in [3.8, 4) is 57.5 Å². The molecule has 702 valence electrons. The predicted octanol–water partition coefficient (Wildman–Crippen LogP) is 24.6. The molecule has 20 rings (SSSR count). The first kappa shape index (κ1) is 96.4. The molecule has 5 heterocycles. The van der Waals surface area contributed by atoms with E-state index in [1.807, 2.05) is 72.8 Å². The highest BCUT2D eigenvalue weighted by atomic mass is 79.9. The van der Waals surface area contributed by atoms with Crippen LogP contribution in [0.2, 0.25) is 20.1 Å². The third-order valence-corrected chi connectivity index (χ3v) is 26.5. The second-order valence-electron chi connectivity index (χ2n) is 33.4. The van der Waals surface area contributed by atoms with Crippen molar-refractivity contribution in [2.75, 3.05) is 0 Å². The highest BCUT2D eigenvalue weighted by molar-refractivity contribution is 9.10. The van der Waals surface area contributed by atoms with Gasteiger partial charge in [-0.3, -0.25) is 50.6 Å². The van der Waals surface area contributed by atoms with Crippen molar-refractivity contribution in [2.24, 2.45) is 0 Å². The van der Waals surface area contributed by atoms with Crippen molar-refractivity contribution in [2.45, 2.75) is 170 Å². The lowest BCUT2D eigenvalue weighted by molar-refractivity contribution is -0.138. The Morgan fingerprint density at radius 2 is 0.551 bits per heavy atom. The van der Waals surface area contributed by atoms with Crippen LogP contribution in [0.15, 0.2) is 180 Å². The fraction of sp³-hybridized carbons (Fsp3) is 0.267. The molecular weight excluding hydrogens is 1940 g/mol. The molecule has 10 aromatic carbocycles. The summed E-state index contributed by atoms with van der Waals surface area (Å²) in [7, 11) is 0. The zero-order valence-corrected chi connectivity index (χ0v) is 77.2. The van der Waals surface area contributed by atoms with Crippen molar-refractivity contribution in [3.05, 3.63) is 313 Å². The first-order valence-electron chi connectivity index (χ1n) is 43.5. The first-order valence-corrected chi connectivity index (χ1v) is 45.8. The van der Waals surface area contributed by atoms with Crippen LogP contribution < -0.4 is 50.3 Å². The van der Waals surface area contributed by atoms with E-state index in [-0.39, 0.29) is 69.6 Å². The fourth-order valence-corrected chi connectivity index (χ4v) is 19.7. The number of fused-ring (bicyclic) bond motifs is 5. The third-order valence-electron chi connectivity index (χ3n) is 24.7. The van der Waals surface area contributed by atoms with Crippen LogP contribution in [0.25, 0.3) is 19.4 Å². The van der Waals surface area contributed by atoms with E-state index in [1.165, 1.54) is 13.0 Å². The minimum absolute atomic E-state index is 0.00832. The van der Waals surface area contributed by atoms with E-state index in [2.05, 4.69) is 61.9 Å². The highest BCUT2D eigenvalue weighted by Gasteiger charge is 2.47. The minimum atomic E-state index is -4.50. The molecule has 5 aliphatic heterocycles. The summed E-state index contributed by atoms with van der Waals surface area (Å²) >= 11 is 28.0. The number of hydrogen-bond acceptors (Lipinski definition) is 20. The number of aryl methyl sites for hydroxylation is 6. The van der Waals surface area contributed by atoms with Crippen LogP contribution in [0.4, 0.5) is 59.9 Å². The van der Waals surface area contributed by atoms with E-state index in [9.17, 15) is 61.1 Å². The Morgan fingerprint density at radius 3 is 0.775 bits per heavy atom. The maximum absolute atomic E-state index is 13.0. The molecule has 37 heteroatoms. The van der Waals surface area contributed by atoms with Crippen molar-refractivity contribution >= 4 is 145 Å². The Hall–Kier alpha value is -14.7. The molecule has 10 aromatic rings. The molecule has 3 unspecified atom stereocenters. The first-order chi connectivity index (χ1) is 66.3. The molecule has 29 nitrogen and oxygen atoms in total. The average molecular weight is 2020 g/mol. The second-order valence-corrected chi connectivity index (χ2v) is 35.9. The lowest BCUT2D eigenvalue weighted by atomic mass is 9.79. The summed E-state index contributed by atoms with van der Waals surface area (Å²) in [5.41, 5.74) is 11.2. The van der Waals surface area contributed by atoms with Gasteiger partial charge in [-0.1, -0.05) is 101 Å². The van der Waals surface area contributed by atoms with Crippen LogP contribution in [-0.4, -0.2) is 90.5 Å². The van der Waals surface area contributed by atoms with Gasteiger partial charge in [0.05, 0.1) is 51.9 Å². The number of imide groups is 5. The largest absolute Gasteiger partial charge is 0.456 e. The number of alkyl carbamates (subject to hydrolysis) is 5. The van der Waals surface area contributed by atoms with Crippen molar-refractivity contribution in [1.29, 1.82) is 0 Å². The van der Waals surface area contributed by atoms with Crippen LogP contribution in [-0.2, 0) is 85.9 Å². The van der Waals surface area contributed by atoms with Crippen LogP contribution in [0.1, 0.15) is 161 Å². The van der Waals surface area contributed by atoms with Gasteiger partial charge in [0.1, 0.15) is 57.5 Å². The van der Waals surface area contributed by atoms with E-state index in [4.69, 9.17) is 120 Å². The molecule has 0 bridgehead atoms. The Balaban J connectivity index is 0.000000125. The Kier molecular flexibility index (Phi) is 29.3. The average Bonchev–Trinajstić information content (AvgIpc) is 1.63. The number of carbonyl (C=O) groups excluding carboxylic acids is 10. The van der Waals surface area contributed by atoms with Gasteiger partial charge in [0, 0.05) is 34.1 Å². The number of halogens is 8. The van der Waals surface area contributed by atoms with Gasteiger partial charge >= 0.3 is 36.6 Å². The van der Waals surface area contributed by atoms with Gasteiger partial charge in [-0.15, -0.1) is 0 Å². The van der Waals surface area contributed by atoms with Gasteiger partial charge in [-0.2, -0.15) is 13.2 Å². The van der Waals surface area contributed by atoms with E-state index in [0.717, 1.165) is 152 Å². The molecule has 5 saturated heterocycles. The molecule has 0 radical (unpaired) electrons. The Bertz CT molecular complexity index is 6200. The molecule has 10 atom stereocenters. The molecule has 10 amide bonds. The van der Waals surface area contributed by atoms with E-state index in [1.54, 1.807) is 91.0 Å². The zero-order chi connectivity index (χ0) is 97.5. The number of nitrogens with zero attached hydrogens (tertiary/aromatic N) is 4. The van der Waals surface area contributed by atoms with Crippen molar-refractivity contribution < 1.29 is 108 Å². The van der Waals surface area contributed by atoms with E-state index in [0.29, 0.717) is 100 Å². The number of cyclic esters (lactones) is 5. The lowest BCUT2D eigenvalue weighted by Crippen LogP contribution is -2.31. The number of ether oxygens (including phenoxy) is 10. The van der Waals surface area contributed by atoms with Gasteiger partial charge < -0.3 is 47.4 Å². The van der Waals surface area contributed by atoms with Gasteiger partial charge in [0.15, 0.2) is 53.3 Å². The molecule has 138 heavy (non-hydrogen) atoms. The molecule has 10 aliphatic rings. The monoisotopic (exact) mass is 2010 g/mol. The maximum Gasteiger partial charge on any atom is 0.416 e. The quantitative estimate of drug-likeness (QED) is 0.0470. The van der Waals surface area contributed by atoms with Crippen LogP contribution in [0.5, 0.6) is 57.5 Å². The number of alkyl halides is 3. The predicted molar refractivity (Wildman–Crippen MR) is 498 cm³/mol. The van der Waals surface area contributed by atoms with Crippen LogP contribution >= 0.6 is 62.3 Å². The Morgan fingerprint density at radius 1 is 0.319 bits per heavy atom. The topological polar surface area (TPSA) is 341 Å². The smallest absolute Gasteiger partial charge is 0.416 e. The summed E-state index contributed by atoms with van der Waals surface area (Å²) in [6.07, 6.45) is 0.457. The van der Waals surface area contributed by atoms with Gasteiger partial charge in [-0.05, 0) is 302 Å². The summed E-state index contributed by atoms with van der Waals surface area (Å²) in [4.78, 5) is 130. The number of hydrogen-bond donors (Lipinski definition) is 5. The molecule has 5 N–H and O–H groups in total. The van der Waals surface area contributed by atoms with Gasteiger partial charge in [0.25, 0.3) is 29.5 Å². The van der Waals surface area contributed by atoms with Crippen molar-refractivity contribution in [3.63, 3.8) is 0 Å². The number of nitrogens with one attached hydrogen (secondary N) is 5. The number of benzene rings is 10. The van der Waals surface area contributed by atoms with Crippen LogP contribution in [0.3, 0.4) is 0 Å². The lowest BCUT2D eigenvalue weighted by Gasteiger charge is -2.28. The molecular formula is C101H77BrCl4F3N9O20. The second kappa shape index (κ2) is 41.9. The summed E-state index contributed by atoms with van der Waals surface area (Å²) in [6, 6.07) is 49.8. The third kappa shape index (κ3) is 22.0. The molecule has 0 aromatic heterocycles. The molecule has 0 saturated carbocycles. The summed E-state index contributed by atoms with van der Waals surface area (Å²) in [6.45, 7) is 29.5.